The van der Waals surface area contributed by atoms with E-state index in [2.05, 4.69) is 102 Å². The maximum atomic E-state index is 2.39. The zero-order valence-corrected chi connectivity index (χ0v) is 17.4. The summed E-state index contributed by atoms with van der Waals surface area (Å²) in [6, 6.07) is 0. The van der Waals surface area contributed by atoms with Gasteiger partial charge in [0.1, 0.15) is 0 Å². The highest BCUT2D eigenvalue weighted by atomic mass is 15.1. The second-order valence-electron chi connectivity index (χ2n) is 6.84. The molecule has 2 nitrogen and oxygen atoms in total. The van der Waals surface area contributed by atoms with Crippen molar-refractivity contribution in [2.75, 3.05) is 27.7 Å². The first-order chi connectivity index (χ1) is 11.4. The zero-order chi connectivity index (χ0) is 18.6. The first-order valence-electron chi connectivity index (χ1n) is 9.33. The molecule has 1 atom stereocenters. The molecule has 0 aliphatic carbocycles. The molecule has 2 heteroatoms. The van der Waals surface area contributed by atoms with Gasteiger partial charge in [-0.1, -0.05) is 42.9 Å². The standard InChI is InChI=1S/C22H40N2/c1-9-13-14-18-24(8)19-20(5)16-17-22(12-4,23(6)7)21(11-3)15-10-2/h9-11,13,15,19H,12,14,16-18H2,1-8H3/b13-9-,15-10-,20-19+,21-11+. The molecule has 138 valence electrons. The second-order valence-corrected chi connectivity index (χ2v) is 6.84. The van der Waals surface area contributed by atoms with Gasteiger partial charge in [-0.15, -0.1) is 0 Å². The van der Waals surface area contributed by atoms with Crippen LogP contribution in [0.4, 0.5) is 0 Å². The Hall–Kier alpha value is -1.28. The molecule has 0 bridgehead atoms. The van der Waals surface area contributed by atoms with Crippen LogP contribution >= 0.6 is 0 Å². The Kier molecular flexibility index (Phi) is 11.5. The quantitative estimate of drug-likeness (QED) is 0.348. The van der Waals surface area contributed by atoms with Crippen molar-refractivity contribution < 1.29 is 0 Å². The molecule has 0 aliphatic heterocycles. The van der Waals surface area contributed by atoms with Gasteiger partial charge in [-0.2, -0.15) is 0 Å². The largest absolute Gasteiger partial charge is 0.380 e. The van der Waals surface area contributed by atoms with E-state index in [4.69, 9.17) is 0 Å². The zero-order valence-electron chi connectivity index (χ0n) is 17.4. The van der Waals surface area contributed by atoms with Crippen LogP contribution in [-0.4, -0.2) is 43.0 Å². The lowest BCUT2D eigenvalue weighted by Crippen LogP contribution is -2.45. The fourth-order valence-corrected chi connectivity index (χ4v) is 3.38. The van der Waals surface area contributed by atoms with Gasteiger partial charge in [0.25, 0.3) is 0 Å². The van der Waals surface area contributed by atoms with Gasteiger partial charge in [0.15, 0.2) is 0 Å². The summed E-state index contributed by atoms with van der Waals surface area (Å²) in [6.45, 7) is 12.0. The molecule has 0 aromatic rings. The van der Waals surface area contributed by atoms with Gasteiger partial charge in [0, 0.05) is 19.1 Å². The van der Waals surface area contributed by atoms with E-state index in [1.165, 1.54) is 11.1 Å². The summed E-state index contributed by atoms with van der Waals surface area (Å²) in [4.78, 5) is 4.70. The highest BCUT2D eigenvalue weighted by Gasteiger charge is 2.32. The summed E-state index contributed by atoms with van der Waals surface area (Å²) >= 11 is 0. The van der Waals surface area contributed by atoms with Crippen LogP contribution in [0.25, 0.3) is 0 Å². The first-order valence-corrected chi connectivity index (χ1v) is 9.33. The lowest BCUT2D eigenvalue weighted by atomic mass is 9.80. The van der Waals surface area contributed by atoms with Crippen LogP contribution in [-0.2, 0) is 0 Å². The van der Waals surface area contributed by atoms with Crippen LogP contribution in [0.3, 0.4) is 0 Å². The molecule has 0 aliphatic rings. The maximum Gasteiger partial charge on any atom is 0.0451 e. The van der Waals surface area contributed by atoms with E-state index >= 15 is 0 Å². The molecule has 24 heavy (non-hydrogen) atoms. The molecule has 1 unspecified atom stereocenters. The summed E-state index contributed by atoms with van der Waals surface area (Å²) in [5.41, 5.74) is 2.99. The highest BCUT2D eigenvalue weighted by Crippen LogP contribution is 2.33. The van der Waals surface area contributed by atoms with Crippen LogP contribution in [0.5, 0.6) is 0 Å². The van der Waals surface area contributed by atoms with Crippen LogP contribution in [0.15, 0.2) is 47.7 Å². The molecule has 0 aromatic heterocycles. The number of rotatable bonds is 11. The van der Waals surface area contributed by atoms with Crippen molar-refractivity contribution in [2.45, 2.75) is 65.8 Å². The number of allylic oxidation sites excluding steroid dienone is 4. The molecule has 0 saturated carbocycles. The Morgan fingerprint density at radius 2 is 1.71 bits per heavy atom. The maximum absolute atomic E-state index is 2.39. The molecule has 0 radical (unpaired) electrons. The second kappa shape index (κ2) is 12.1. The van der Waals surface area contributed by atoms with Crippen molar-refractivity contribution in [3.63, 3.8) is 0 Å². The molecular weight excluding hydrogens is 292 g/mol. The van der Waals surface area contributed by atoms with Crippen molar-refractivity contribution >= 4 is 0 Å². The average Bonchev–Trinajstić information content (AvgIpc) is 2.54. The summed E-state index contributed by atoms with van der Waals surface area (Å²) in [5, 5.41) is 0. The smallest absolute Gasteiger partial charge is 0.0451 e. The third-order valence-corrected chi connectivity index (χ3v) is 4.89. The van der Waals surface area contributed by atoms with Gasteiger partial charge in [-0.3, -0.25) is 4.90 Å². The van der Waals surface area contributed by atoms with Gasteiger partial charge < -0.3 is 4.90 Å². The van der Waals surface area contributed by atoms with Crippen molar-refractivity contribution in [3.05, 3.63) is 47.7 Å². The predicted octanol–water partition coefficient (Wildman–Crippen LogP) is 5.80. The lowest BCUT2D eigenvalue weighted by Gasteiger charge is -2.41. The monoisotopic (exact) mass is 332 g/mol. The minimum absolute atomic E-state index is 0.111. The van der Waals surface area contributed by atoms with Crippen LogP contribution in [0.2, 0.25) is 0 Å². The average molecular weight is 333 g/mol. The normalized spacial score (nSPS) is 16.4. The van der Waals surface area contributed by atoms with E-state index in [1.54, 1.807) is 0 Å². The van der Waals surface area contributed by atoms with E-state index in [0.717, 1.165) is 32.2 Å². The molecule has 0 saturated heterocycles. The van der Waals surface area contributed by atoms with Gasteiger partial charge in [-0.05, 0) is 79.2 Å². The fourth-order valence-electron chi connectivity index (χ4n) is 3.38. The molecule has 0 aromatic carbocycles. The minimum atomic E-state index is 0.111. The van der Waals surface area contributed by atoms with E-state index in [0.29, 0.717) is 0 Å². The number of nitrogens with zero attached hydrogens (tertiary/aromatic N) is 2. The Bertz CT molecular complexity index is 455. The van der Waals surface area contributed by atoms with Gasteiger partial charge in [0.2, 0.25) is 0 Å². The summed E-state index contributed by atoms with van der Waals surface area (Å²) in [6.07, 6.45) is 17.8. The minimum Gasteiger partial charge on any atom is -0.380 e. The van der Waals surface area contributed by atoms with Crippen molar-refractivity contribution in [1.29, 1.82) is 0 Å². The van der Waals surface area contributed by atoms with E-state index in [1.807, 2.05) is 0 Å². The summed E-state index contributed by atoms with van der Waals surface area (Å²) in [5.74, 6) is 0. The molecule has 0 rings (SSSR count). The molecule has 0 heterocycles. The number of hydrogen-bond acceptors (Lipinski definition) is 2. The Morgan fingerprint density at radius 3 is 2.17 bits per heavy atom. The van der Waals surface area contributed by atoms with E-state index in [9.17, 15) is 0 Å². The third kappa shape index (κ3) is 7.09. The van der Waals surface area contributed by atoms with Gasteiger partial charge in [-0.25, -0.2) is 0 Å². The van der Waals surface area contributed by atoms with Gasteiger partial charge in [0.05, 0.1) is 0 Å². The Labute approximate surface area is 151 Å². The van der Waals surface area contributed by atoms with E-state index < -0.39 is 0 Å². The molecular formula is C22H40N2. The van der Waals surface area contributed by atoms with Crippen LogP contribution < -0.4 is 0 Å². The predicted molar refractivity (Wildman–Crippen MR) is 110 cm³/mol. The molecule has 0 spiro atoms. The molecule has 0 fully saturated rings. The number of likely N-dealkylation sites (N-methyl/N-ethyl adjacent to an activating group) is 1. The Morgan fingerprint density at radius 1 is 1.04 bits per heavy atom. The summed E-state index contributed by atoms with van der Waals surface area (Å²) < 4.78 is 0. The van der Waals surface area contributed by atoms with E-state index in [-0.39, 0.29) is 5.54 Å². The molecule has 0 amide bonds. The van der Waals surface area contributed by atoms with Crippen LogP contribution in [0, 0.1) is 0 Å². The van der Waals surface area contributed by atoms with Crippen molar-refractivity contribution in [1.82, 2.24) is 9.80 Å². The number of hydrogen-bond donors (Lipinski definition) is 0. The van der Waals surface area contributed by atoms with Gasteiger partial charge >= 0.3 is 0 Å². The SMILES string of the molecule is C/C=C\CCN(C)/C=C(\C)CCC(CC)(C(/C=C\C)=C/C)N(C)C. The highest BCUT2D eigenvalue weighted by molar-refractivity contribution is 5.31. The van der Waals surface area contributed by atoms with Crippen molar-refractivity contribution in [3.8, 4) is 0 Å². The summed E-state index contributed by atoms with van der Waals surface area (Å²) in [7, 11) is 6.58. The van der Waals surface area contributed by atoms with Crippen LogP contribution in [0.1, 0.15) is 60.3 Å². The topological polar surface area (TPSA) is 6.48 Å². The lowest BCUT2D eigenvalue weighted by molar-refractivity contribution is 0.177. The third-order valence-electron chi connectivity index (χ3n) is 4.89. The Balaban J connectivity index is 5.07. The molecule has 0 N–H and O–H groups in total. The first kappa shape index (κ1) is 22.7. The van der Waals surface area contributed by atoms with Crippen molar-refractivity contribution in [2.24, 2.45) is 0 Å². The fraction of sp³-hybridized carbons (Fsp3) is 0.636.